The topological polar surface area (TPSA) is 87.5 Å². The maximum atomic E-state index is 13.6. The number of hydrogen-bond donors (Lipinski definition) is 1. The molecule has 0 atom stereocenters. The number of nitrogens with one attached hydrogen (secondary N) is 1. The van der Waals surface area contributed by atoms with E-state index in [2.05, 4.69) is 14.6 Å². The molecule has 1 N–H and O–H groups in total. The Kier molecular flexibility index (Phi) is 6.15. The maximum absolute atomic E-state index is 13.6. The quantitative estimate of drug-likeness (QED) is 0.423. The van der Waals surface area contributed by atoms with Gasteiger partial charge >= 0.3 is 0 Å². The Bertz CT molecular complexity index is 1460. The Morgan fingerprint density at radius 1 is 1.03 bits per heavy atom. The average molecular weight is 518 g/mol. The molecule has 0 saturated carbocycles. The molecule has 0 bridgehead atoms. The first-order valence-electron chi connectivity index (χ1n) is 10.8. The first kappa shape index (κ1) is 23.2. The molecule has 1 fully saturated rings. The molecule has 0 spiro atoms. The zero-order valence-electron chi connectivity index (χ0n) is 18.4. The number of hydrogen-bond acceptors (Lipinski definition) is 6. The van der Waals surface area contributed by atoms with Gasteiger partial charge in [0.15, 0.2) is 16.8 Å². The van der Waals surface area contributed by atoms with Gasteiger partial charge in [-0.05, 0) is 36.4 Å². The van der Waals surface area contributed by atoms with E-state index in [1.807, 2.05) is 0 Å². The summed E-state index contributed by atoms with van der Waals surface area (Å²) in [5.74, 6) is -1.98. The van der Waals surface area contributed by atoms with E-state index in [-0.39, 0.29) is 17.3 Å². The minimum atomic E-state index is -3.72. The Morgan fingerprint density at radius 3 is 2.43 bits per heavy atom. The van der Waals surface area contributed by atoms with Crippen molar-refractivity contribution in [1.29, 1.82) is 0 Å². The van der Waals surface area contributed by atoms with E-state index in [1.165, 1.54) is 17.5 Å². The van der Waals surface area contributed by atoms with E-state index >= 15 is 0 Å². The molecular formula is C23H21F2N5O3S2. The number of rotatable bonds is 6. The number of anilines is 2. The number of carbonyl (C=O) groups excluding carboxylic acids is 1. The van der Waals surface area contributed by atoms with E-state index in [0.717, 1.165) is 17.8 Å². The van der Waals surface area contributed by atoms with E-state index in [4.69, 9.17) is 0 Å². The molecule has 0 aliphatic carbocycles. The van der Waals surface area contributed by atoms with Crippen LogP contribution < -0.4 is 9.62 Å². The lowest BCUT2D eigenvalue weighted by molar-refractivity contribution is -0.132. The van der Waals surface area contributed by atoms with Crippen LogP contribution in [-0.4, -0.2) is 55.0 Å². The fraction of sp³-hybridized carbons (Fsp3) is 0.217. The molecule has 0 unspecified atom stereocenters. The summed E-state index contributed by atoms with van der Waals surface area (Å²) in [5.41, 5.74) is 1.33. The van der Waals surface area contributed by atoms with Crippen molar-refractivity contribution in [3.05, 3.63) is 71.9 Å². The molecular weight excluding hydrogens is 496 g/mol. The Balaban J connectivity index is 1.19. The number of amides is 1. The van der Waals surface area contributed by atoms with Crippen molar-refractivity contribution in [2.45, 2.75) is 11.4 Å². The van der Waals surface area contributed by atoms with Crippen LogP contribution in [0.5, 0.6) is 0 Å². The van der Waals surface area contributed by atoms with Crippen molar-refractivity contribution < 1.29 is 22.0 Å². The van der Waals surface area contributed by atoms with Gasteiger partial charge in [0.1, 0.15) is 6.54 Å². The highest BCUT2D eigenvalue weighted by Crippen LogP contribution is 2.23. The molecule has 1 amide bonds. The summed E-state index contributed by atoms with van der Waals surface area (Å²) in [4.78, 5) is 20.7. The molecule has 182 valence electrons. The molecule has 1 aliphatic heterocycles. The number of carbonyl (C=O) groups is 1. The number of sulfonamides is 1. The number of halogens is 2. The second-order valence-electron chi connectivity index (χ2n) is 8.07. The summed E-state index contributed by atoms with van der Waals surface area (Å²) in [6, 6.07) is 10.5. The summed E-state index contributed by atoms with van der Waals surface area (Å²) in [6.45, 7) is 2.19. The third kappa shape index (κ3) is 4.84. The first-order chi connectivity index (χ1) is 16.8. The van der Waals surface area contributed by atoms with Gasteiger partial charge in [0.25, 0.3) is 10.0 Å². The van der Waals surface area contributed by atoms with Crippen LogP contribution in [0.25, 0.3) is 10.9 Å². The molecule has 1 saturated heterocycles. The maximum Gasteiger partial charge on any atom is 0.263 e. The lowest BCUT2D eigenvalue weighted by Gasteiger charge is -2.36. The van der Waals surface area contributed by atoms with Gasteiger partial charge in [-0.2, -0.15) is 0 Å². The number of piperazine rings is 1. The van der Waals surface area contributed by atoms with Crippen molar-refractivity contribution in [3.63, 3.8) is 0 Å². The molecule has 1 aliphatic rings. The second kappa shape index (κ2) is 9.27. The Labute approximate surface area is 204 Å². The van der Waals surface area contributed by atoms with Crippen LogP contribution in [0.2, 0.25) is 0 Å². The molecule has 5 rings (SSSR count). The Hall–Kier alpha value is -3.51. The second-order valence-corrected chi connectivity index (χ2v) is 10.7. The molecule has 3 heterocycles. The lowest BCUT2D eigenvalue weighted by atomic mass is 10.2. The molecule has 4 aromatic rings. The van der Waals surface area contributed by atoms with Crippen LogP contribution in [0, 0.1) is 11.6 Å². The molecule has 2 aromatic heterocycles. The highest BCUT2D eigenvalue weighted by atomic mass is 32.2. The van der Waals surface area contributed by atoms with Crippen LogP contribution in [0.4, 0.5) is 19.6 Å². The van der Waals surface area contributed by atoms with E-state index in [1.54, 1.807) is 51.4 Å². The van der Waals surface area contributed by atoms with Crippen molar-refractivity contribution in [1.82, 2.24) is 14.5 Å². The average Bonchev–Trinajstić information content (AvgIpc) is 3.49. The summed E-state index contributed by atoms with van der Waals surface area (Å²) in [5, 5.41) is 2.53. The molecule has 0 radical (unpaired) electrons. The highest BCUT2D eigenvalue weighted by molar-refractivity contribution is 7.93. The normalized spacial score (nSPS) is 14.5. The van der Waals surface area contributed by atoms with Crippen LogP contribution >= 0.6 is 11.3 Å². The third-order valence-electron chi connectivity index (χ3n) is 5.92. The predicted octanol–water partition coefficient (Wildman–Crippen LogP) is 3.53. The SMILES string of the molecule is O=C(Cn1ccc2cc(F)c(F)cc21)N1CCN(c2ccc(S(=O)(=O)Nc3nccs3)cc2)CC1. The van der Waals surface area contributed by atoms with Crippen molar-refractivity contribution in [3.8, 4) is 0 Å². The summed E-state index contributed by atoms with van der Waals surface area (Å²) < 4.78 is 56.2. The van der Waals surface area contributed by atoms with Gasteiger partial charge in [-0.15, -0.1) is 11.3 Å². The third-order valence-corrected chi connectivity index (χ3v) is 8.09. The molecule has 12 heteroatoms. The predicted molar refractivity (Wildman–Crippen MR) is 130 cm³/mol. The minimum absolute atomic E-state index is 0.0349. The van der Waals surface area contributed by atoms with Crippen molar-refractivity contribution in [2.75, 3.05) is 35.8 Å². The van der Waals surface area contributed by atoms with Crippen LogP contribution in [-0.2, 0) is 21.4 Å². The van der Waals surface area contributed by atoms with Crippen molar-refractivity contribution in [2.24, 2.45) is 0 Å². The standard InChI is InChI=1S/C23H21F2N5O3S2/c24-19-13-16-5-7-30(21(16)14-20(19)25)15-22(31)29-10-8-28(9-11-29)17-1-3-18(4-2-17)35(32,33)27-23-26-6-12-34-23/h1-7,12-14H,8-11,15H2,(H,26,27). The molecule has 8 nitrogen and oxygen atoms in total. The minimum Gasteiger partial charge on any atom is -0.368 e. The van der Waals surface area contributed by atoms with E-state index in [0.29, 0.717) is 42.2 Å². The van der Waals surface area contributed by atoms with Gasteiger partial charge < -0.3 is 14.4 Å². The fourth-order valence-corrected chi connectivity index (χ4v) is 5.85. The first-order valence-corrected chi connectivity index (χ1v) is 13.2. The zero-order valence-corrected chi connectivity index (χ0v) is 20.0. The van der Waals surface area contributed by atoms with Gasteiger partial charge in [0, 0.05) is 61.1 Å². The highest BCUT2D eigenvalue weighted by Gasteiger charge is 2.23. The van der Waals surface area contributed by atoms with Crippen molar-refractivity contribution >= 4 is 49.0 Å². The van der Waals surface area contributed by atoms with Gasteiger partial charge in [-0.25, -0.2) is 22.2 Å². The number of benzene rings is 2. The number of thiazole rings is 1. The van der Waals surface area contributed by atoms with Gasteiger partial charge in [-0.3, -0.25) is 9.52 Å². The summed E-state index contributed by atoms with van der Waals surface area (Å²) in [7, 11) is -3.72. The van der Waals surface area contributed by atoms with Crippen LogP contribution in [0.1, 0.15) is 0 Å². The van der Waals surface area contributed by atoms with Crippen LogP contribution in [0.3, 0.4) is 0 Å². The Morgan fingerprint density at radius 2 is 1.74 bits per heavy atom. The van der Waals surface area contributed by atoms with Gasteiger partial charge in [0.2, 0.25) is 5.91 Å². The van der Waals surface area contributed by atoms with Gasteiger partial charge in [0.05, 0.1) is 10.4 Å². The van der Waals surface area contributed by atoms with Crippen LogP contribution in [0.15, 0.2) is 65.1 Å². The smallest absolute Gasteiger partial charge is 0.263 e. The zero-order chi connectivity index (χ0) is 24.6. The number of nitrogens with zero attached hydrogens (tertiary/aromatic N) is 4. The van der Waals surface area contributed by atoms with Gasteiger partial charge in [-0.1, -0.05) is 0 Å². The van der Waals surface area contributed by atoms with E-state index in [9.17, 15) is 22.0 Å². The monoisotopic (exact) mass is 517 g/mol. The lowest BCUT2D eigenvalue weighted by Crippen LogP contribution is -2.49. The number of aromatic nitrogens is 2. The largest absolute Gasteiger partial charge is 0.368 e. The molecule has 35 heavy (non-hydrogen) atoms. The summed E-state index contributed by atoms with van der Waals surface area (Å²) in [6.07, 6.45) is 3.17. The molecule has 2 aromatic carbocycles. The number of fused-ring (bicyclic) bond motifs is 1. The van der Waals surface area contributed by atoms with E-state index < -0.39 is 21.7 Å². The fourth-order valence-electron chi connectivity index (χ4n) is 4.07. The summed E-state index contributed by atoms with van der Waals surface area (Å²) >= 11 is 1.20.